The normalized spacial score (nSPS) is 18.9. The number of anilines is 1. The lowest BCUT2D eigenvalue weighted by molar-refractivity contribution is -0.120. The summed E-state index contributed by atoms with van der Waals surface area (Å²) in [5, 5.41) is 3.85. The summed E-state index contributed by atoms with van der Waals surface area (Å²) in [6, 6.07) is 0. The maximum atomic E-state index is 12.4. The molecule has 0 bridgehead atoms. The summed E-state index contributed by atoms with van der Waals surface area (Å²) in [7, 11) is 0. The van der Waals surface area contributed by atoms with Gasteiger partial charge in [0.2, 0.25) is 5.91 Å². The van der Waals surface area contributed by atoms with Gasteiger partial charge in [0.05, 0.1) is 5.56 Å². The van der Waals surface area contributed by atoms with Gasteiger partial charge in [0.1, 0.15) is 5.00 Å². The first-order valence-electron chi connectivity index (χ1n) is 7.63. The number of carbonyl (C=O) groups is 2. The Bertz CT molecular complexity index is 541. The van der Waals surface area contributed by atoms with E-state index in [4.69, 9.17) is 0 Å². The van der Waals surface area contributed by atoms with Crippen LogP contribution in [0.15, 0.2) is 0 Å². The van der Waals surface area contributed by atoms with Gasteiger partial charge in [-0.3, -0.25) is 9.59 Å². The third kappa shape index (κ3) is 2.53. The predicted octanol–water partition coefficient (Wildman–Crippen LogP) is 3.96. The maximum Gasteiger partial charge on any atom is 0.228 e. The number of rotatable bonds is 3. The molecule has 0 saturated heterocycles. The summed E-state index contributed by atoms with van der Waals surface area (Å²) in [4.78, 5) is 25.6. The first-order chi connectivity index (χ1) is 9.66. The highest BCUT2D eigenvalue weighted by molar-refractivity contribution is 7.17. The van der Waals surface area contributed by atoms with E-state index >= 15 is 0 Å². The molecule has 0 radical (unpaired) electrons. The Morgan fingerprint density at radius 1 is 1.10 bits per heavy atom. The standard InChI is InChI=1S/C16H21NO2S/c1-10(18)14-12-8-5-9-13(12)20-16(14)17-15(19)11-6-3-2-4-7-11/h11H,2-9H2,1H3,(H,17,19). The van der Waals surface area contributed by atoms with Gasteiger partial charge in [0, 0.05) is 10.8 Å². The van der Waals surface area contributed by atoms with E-state index in [2.05, 4.69) is 5.32 Å². The minimum absolute atomic E-state index is 0.0864. The van der Waals surface area contributed by atoms with Crippen molar-refractivity contribution < 1.29 is 9.59 Å². The minimum Gasteiger partial charge on any atom is -0.317 e. The molecule has 1 heterocycles. The number of ketones is 1. The van der Waals surface area contributed by atoms with Crippen molar-refractivity contribution in [3.63, 3.8) is 0 Å². The summed E-state index contributed by atoms with van der Waals surface area (Å²) < 4.78 is 0. The molecule has 4 heteroatoms. The number of carbonyl (C=O) groups excluding carboxylic acids is 2. The third-order valence-corrected chi connectivity index (χ3v) is 5.69. The predicted molar refractivity (Wildman–Crippen MR) is 81.6 cm³/mol. The Kier molecular flexibility index (Phi) is 3.92. The Hall–Kier alpha value is -1.16. The van der Waals surface area contributed by atoms with Crippen LogP contribution in [-0.4, -0.2) is 11.7 Å². The van der Waals surface area contributed by atoms with E-state index in [1.165, 1.54) is 16.9 Å². The fourth-order valence-electron chi connectivity index (χ4n) is 3.44. The highest BCUT2D eigenvalue weighted by atomic mass is 32.1. The Balaban J connectivity index is 1.80. The SMILES string of the molecule is CC(=O)c1c(NC(=O)C2CCCCC2)sc2c1CCC2. The first kappa shape index (κ1) is 13.8. The largest absolute Gasteiger partial charge is 0.317 e. The molecule has 20 heavy (non-hydrogen) atoms. The van der Waals surface area contributed by atoms with Crippen LogP contribution in [0.4, 0.5) is 5.00 Å². The lowest BCUT2D eigenvalue weighted by Gasteiger charge is -2.20. The molecule has 1 saturated carbocycles. The fraction of sp³-hybridized carbons (Fsp3) is 0.625. The molecule has 0 aromatic carbocycles. The highest BCUT2D eigenvalue weighted by Crippen LogP contribution is 2.39. The molecule has 2 aliphatic rings. The molecule has 1 aromatic rings. The molecule has 0 atom stereocenters. The van der Waals surface area contributed by atoms with Crippen LogP contribution in [0.2, 0.25) is 0 Å². The van der Waals surface area contributed by atoms with E-state index in [1.54, 1.807) is 18.3 Å². The monoisotopic (exact) mass is 291 g/mol. The number of hydrogen-bond acceptors (Lipinski definition) is 3. The van der Waals surface area contributed by atoms with Crippen molar-refractivity contribution in [2.45, 2.75) is 58.3 Å². The molecule has 0 aliphatic heterocycles. The molecule has 1 fully saturated rings. The summed E-state index contributed by atoms with van der Waals surface area (Å²) >= 11 is 1.62. The zero-order valence-electron chi connectivity index (χ0n) is 12.0. The molecule has 1 aromatic heterocycles. The second-order valence-electron chi connectivity index (χ2n) is 5.94. The molecular formula is C16H21NO2S. The average Bonchev–Trinajstić information content (AvgIpc) is 2.99. The van der Waals surface area contributed by atoms with Crippen LogP contribution in [0.3, 0.4) is 0 Å². The van der Waals surface area contributed by atoms with Gasteiger partial charge in [-0.05, 0) is 44.6 Å². The van der Waals surface area contributed by atoms with E-state index in [0.29, 0.717) is 0 Å². The van der Waals surface area contributed by atoms with Crippen LogP contribution in [0.1, 0.15) is 66.2 Å². The first-order valence-corrected chi connectivity index (χ1v) is 8.45. The fourth-order valence-corrected chi connectivity index (χ4v) is 4.78. The molecule has 0 spiro atoms. The quantitative estimate of drug-likeness (QED) is 0.857. The van der Waals surface area contributed by atoms with Crippen LogP contribution in [-0.2, 0) is 17.6 Å². The molecular weight excluding hydrogens is 270 g/mol. The number of aryl methyl sites for hydroxylation is 1. The summed E-state index contributed by atoms with van der Waals surface area (Å²) in [5.41, 5.74) is 1.98. The number of Topliss-reactive ketones (excluding diaryl/α,β-unsaturated/α-hetero) is 1. The smallest absolute Gasteiger partial charge is 0.228 e. The van der Waals surface area contributed by atoms with Gasteiger partial charge in [-0.2, -0.15) is 0 Å². The lowest BCUT2D eigenvalue weighted by atomic mass is 9.88. The lowest BCUT2D eigenvalue weighted by Crippen LogP contribution is -2.25. The van der Waals surface area contributed by atoms with Gasteiger partial charge in [-0.25, -0.2) is 0 Å². The van der Waals surface area contributed by atoms with Crippen molar-refractivity contribution in [3.8, 4) is 0 Å². The van der Waals surface area contributed by atoms with E-state index in [9.17, 15) is 9.59 Å². The Labute approximate surface area is 123 Å². The Morgan fingerprint density at radius 3 is 2.55 bits per heavy atom. The van der Waals surface area contributed by atoms with Crippen molar-refractivity contribution in [2.75, 3.05) is 5.32 Å². The van der Waals surface area contributed by atoms with Gasteiger partial charge in [-0.15, -0.1) is 11.3 Å². The van der Waals surface area contributed by atoms with E-state index in [1.807, 2.05) is 0 Å². The van der Waals surface area contributed by atoms with E-state index < -0.39 is 0 Å². The van der Waals surface area contributed by atoms with Gasteiger partial charge < -0.3 is 5.32 Å². The van der Waals surface area contributed by atoms with Crippen LogP contribution in [0, 0.1) is 5.92 Å². The number of hydrogen-bond donors (Lipinski definition) is 1. The number of fused-ring (bicyclic) bond motifs is 1. The molecule has 3 nitrogen and oxygen atoms in total. The maximum absolute atomic E-state index is 12.4. The molecule has 0 unspecified atom stereocenters. The molecule has 2 aliphatic carbocycles. The van der Waals surface area contributed by atoms with Gasteiger partial charge in [0.25, 0.3) is 0 Å². The molecule has 1 amide bonds. The minimum atomic E-state index is 0.0864. The summed E-state index contributed by atoms with van der Waals surface area (Å²) in [6.45, 7) is 1.61. The molecule has 1 N–H and O–H groups in total. The van der Waals surface area contributed by atoms with Crippen molar-refractivity contribution in [1.29, 1.82) is 0 Å². The van der Waals surface area contributed by atoms with Crippen LogP contribution >= 0.6 is 11.3 Å². The molecule has 108 valence electrons. The third-order valence-electron chi connectivity index (χ3n) is 4.49. The Morgan fingerprint density at radius 2 is 1.85 bits per heavy atom. The second kappa shape index (κ2) is 5.68. The van der Waals surface area contributed by atoms with E-state index in [-0.39, 0.29) is 17.6 Å². The number of amides is 1. The average molecular weight is 291 g/mol. The second-order valence-corrected chi connectivity index (χ2v) is 7.05. The van der Waals surface area contributed by atoms with Crippen molar-refractivity contribution in [1.82, 2.24) is 0 Å². The number of nitrogens with one attached hydrogen (secondary N) is 1. The van der Waals surface area contributed by atoms with Crippen molar-refractivity contribution in [3.05, 3.63) is 16.0 Å². The number of thiophene rings is 1. The zero-order chi connectivity index (χ0) is 14.1. The van der Waals surface area contributed by atoms with Crippen molar-refractivity contribution in [2.24, 2.45) is 5.92 Å². The van der Waals surface area contributed by atoms with Gasteiger partial charge in [-0.1, -0.05) is 19.3 Å². The zero-order valence-corrected chi connectivity index (χ0v) is 12.8. The summed E-state index contributed by atoms with van der Waals surface area (Å²) in [6.07, 6.45) is 8.71. The van der Waals surface area contributed by atoms with E-state index in [0.717, 1.165) is 55.5 Å². The van der Waals surface area contributed by atoms with Crippen LogP contribution in [0.25, 0.3) is 0 Å². The highest BCUT2D eigenvalue weighted by Gasteiger charge is 2.27. The van der Waals surface area contributed by atoms with Gasteiger partial charge >= 0.3 is 0 Å². The van der Waals surface area contributed by atoms with Gasteiger partial charge in [0.15, 0.2) is 5.78 Å². The van der Waals surface area contributed by atoms with Crippen molar-refractivity contribution >= 4 is 28.0 Å². The van der Waals surface area contributed by atoms with Crippen LogP contribution in [0.5, 0.6) is 0 Å². The van der Waals surface area contributed by atoms with Crippen LogP contribution < -0.4 is 5.32 Å². The topological polar surface area (TPSA) is 46.2 Å². The molecule has 3 rings (SSSR count). The summed E-state index contributed by atoms with van der Waals surface area (Å²) in [5.74, 6) is 0.343.